The Morgan fingerprint density at radius 1 is 1.34 bits per heavy atom. The maximum Gasteiger partial charge on any atom is 0.348 e. The molecule has 1 heterocycles. The largest absolute Gasteiger partial charge is 0.478 e. The van der Waals surface area contributed by atoms with Crippen LogP contribution in [0.4, 0.5) is 0 Å². The van der Waals surface area contributed by atoms with Crippen LogP contribution in [0, 0.1) is 5.92 Å². The molecule has 0 bridgehead atoms. The van der Waals surface area contributed by atoms with Crippen molar-refractivity contribution >= 4 is 27.6 Å². The van der Waals surface area contributed by atoms with Crippen molar-refractivity contribution in [3.05, 3.63) is 28.2 Å². The Labute approximate surface area is 182 Å². The summed E-state index contributed by atoms with van der Waals surface area (Å²) in [5, 5.41) is 4.20. The van der Waals surface area contributed by atoms with Gasteiger partial charge < -0.3 is 19.0 Å². The van der Waals surface area contributed by atoms with E-state index in [9.17, 15) is 4.79 Å². The molecule has 1 aromatic rings. The summed E-state index contributed by atoms with van der Waals surface area (Å²) in [6, 6.07) is 5.60. The van der Waals surface area contributed by atoms with Crippen LogP contribution in [0.2, 0.25) is 0 Å². The average Bonchev–Trinajstić information content (AvgIpc) is 3.07. The van der Waals surface area contributed by atoms with Gasteiger partial charge in [0.05, 0.1) is 0 Å². The molecule has 0 saturated heterocycles. The summed E-state index contributed by atoms with van der Waals surface area (Å²) in [4.78, 5) is 18.0. The van der Waals surface area contributed by atoms with Gasteiger partial charge in [-0.05, 0) is 45.4 Å². The van der Waals surface area contributed by atoms with Crippen LogP contribution in [0.3, 0.4) is 0 Å². The fourth-order valence-electron chi connectivity index (χ4n) is 2.79. The molecule has 162 valence electrons. The lowest BCUT2D eigenvalue weighted by molar-refractivity contribution is -0.165. The molecule has 6 nitrogen and oxygen atoms in total. The highest BCUT2D eigenvalue weighted by atomic mass is 79.9. The van der Waals surface area contributed by atoms with E-state index in [1.807, 2.05) is 52.8 Å². The predicted octanol–water partition coefficient (Wildman–Crippen LogP) is 5.11. The van der Waals surface area contributed by atoms with Crippen LogP contribution in [-0.2, 0) is 19.1 Å². The molecule has 0 aromatic heterocycles. The van der Waals surface area contributed by atoms with E-state index in [0.29, 0.717) is 24.7 Å². The lowest BCUT2D eigenvalue weighted by Crippen LogP contribution is -2.39. The number of oxime groups is 1. The van der Waals surface area contributed by atoms with Crippen LogP contribution < -0.4 is 4.74 Å². The standard InChI is InChI=1S/C22H32BrNO5/c1-7-8-11-26-18-13-27-24-19(18)16-12-15(23)9-10-17(16)28-20(14(2)3)21(25)29-22(4,5)6/h9-10,12,14,18,20H,7-8,11,13H2,1-6H3/t18-,20+/m1/s1. The first-order valence-electron chi connectivity index (χ1n) is 10.1. The molecule has 0 fully saturated rings. The number of benzene rings is 1. The van der Waals surface area contributed by atoms with Crippen molar-refractivity contribution in [3.8, 4) is 5.75 Å². The Kier molecular flexibility index (Phi) is 8.52. The predicted molar refractivity (Wildman–Crippen MR) is 116 cm³/mol. The number of hydrogen-bond donors (Lipinski definition) is 0. The van der Waals surface area contributed by atoms with Gasteiger partial charge in [0.25, 0.3) is 0 Å². The van der Waals surface area contributed by atoms with E-state index in [2.05, 4.69) is 28.0 Å². The van der Waals surface area contributed by atoms with Gasteiger partial charge in [-0.25, -0.2) is 4.79 Å². The molecule has 0 saturated carbocycles. The minimum absolute atomic E-state index is 0.0697. The number of rotatable bonds is 9. The molecule has 1 aliphatic rings. The van der Waals surface area contributed by atoms with Crippen LogP contribution in [0.1, 0.15) is 59.9 Å². The molecule has 0 spiro atoms. The number of carbonyl (C=O) groups excluding carboxylic acids is 1. The van der Waals surface area contributed by atoms with E-state index < -0.39 is 11.7 Å². The van der Waals surface area contributed by atoms with Gasteiger partial charge >= 0.3 is 5.97 Å². The van der Waals surface area contributed by atoms with Gasteiger partial charge in [0.1, 0.15) is 29.8 Å². The van der Waals surface area contributed by atoms with E-state index in [4.69, 9.17) is 19.0 Å². The summed E-state index contributed by atoms with van der Waals surface area (Å²) in [5.74, 6) is 0.0903. The Balaban J connectivity index is 2.28. The summed E-state index contributed by atoms with van der Waals surface area (Å²) in [5.41, 5.74) is 0.828. The van der Waals surface area contributed by atoms with E-state index in [-0.39, 0.29) is 18.0 Å². The minimum Gasteiger partial charge on any atom is -0.478 e. The fraction of sp³-hybridized carbons (Fsp3) is 0.636. The second-order valence-corrected chi connectivity index (χ2v) is 9.36. The molecule has 29 heavy (non-hydrogen) atoms. The molecule has 1 aromatic carbocycles. The van der Waals surface area contributed by atoms with Crippen molar-refractivity contribution in [2.24, 2.45) is 11.1 Å². The van der Waals surface area contributed by atoms with Gasteiger partial charge in [-0.3, -0.25) is 0 Å². The van der Waals surface area contributed by atoms with Crippen molar-refractivity contribution in [2.45, 2.75) is 72.2 Å². The van der Waals surface area contributed by atoms with E-state index in [0.717, 1.165) is 22.9 Å². The number of hydrogen-bond acceptors (Lipinski definition) is 6. The number of halogens is 1. The zero-order valence-corrected chi connectivity index (χ0v) is 19.7. The summed E-state index contributed by atoms with van der Waals surface area (Å²) in [6.07, 6.45) is 1.02. The highest BCUT2D eigenvalue weighted by Gasteiger charge is 2.33. The lowest BCUT2D eigenvalue weighted by atomic mass is 10.0. The minimum atomic E-state index is -0.739. The Morgan fingerprint density at radius 2 is 2.07 bits per heavy atom. The lowest BCUT2D eigenvalue weighted by Gasteiger charge is -2.27. The Bertz CT molecular complexity index is 726. The van der Waals surface area contributed by atoms with Crippen LogP contribution in [-0.4, -0.2) is 42.7 Å². The first kappa shape index (κ1) is 23.7. The fourth-order valence-corrected chi connectivity index (χ4v) is 3.15. The highest BCUT2D eigenvalue weighted by Crippen LogP contribution is 2.30. The van der Waals surface area contributed by atoms with Crippen LogP contribution in [0.5, 0.6) is 5.75 Å². The van der Waals surface area contributed by atoms with Crippen molar-refractivity contribution in [2.75, 3.05) is 13.2 Å². The van der Waals surface area contributed by atoms with Crippen molar-refractivity contribution in [1.82, 2.24) is 0 Å². The molecule has 0 N–H and O–H groups in total. The molecule has 7 heteroatoms. The SMILES string of the molecule is CCCCO[C@@H]1CON=C1c1cc(Br)ccc1O[C@H](C(=O)OC(C)(C)C)C(C)C. The molecule has 2 atom stereocenters. The smallest absolute Gasteiger partial charge is 0.348 e. The first-order valence-corrected chi connectivity index (χ1v) is 10.9. The van der Waals surface area contributed by atoms with Crippen molar-refractivity contribution < 1.29 is 23.8 Å². The molecule has 0 unspecified atom stereocenters. The average molecular weight is 470 g/mol. The van der Waals surface area contributed by atoms with E-state index in [1.165, 1.54) is 0 Å². The topological polar surface area (TPSA) is 66.3 Å². The number of ether oxygens (including phenoxy) is 3. The molecular formula is C22H32BrNO5. The maximum atomic E-state index is 12.7. The summed E-state index contributed by atoms with van der Waals surface area (Å²) >= 11 is 3.51. The van der Waals surface area contributed by atoms with Crippen molar-refractivity contribution in [1.29, 1.82) is 0 Å². The highest BCUT2D eigenvalue weighted by molar-refractivity contribution is 9.10. The zero-order valence-electron chi connectivity index (χ0n) is 18.2. The molecule has 0 amide bonds. The molecule has 2 rings (SSSR count). The van der Waals surface area contributed by atoms with E-state index >= 15 is 0 Å². The third-order valence-corrected chi connectivity index (χ3v) is 4.72. The Morgan fingerprint density at radius 3 is 2.69 bits per heavy atom. The third-order valence-electron chi connectivity index (χ3n) is 4.23. The number of carbonyl (C=O) groups is 1. The third kappa shape index (κ3) is 7.00. The number of nitrogens with zero attached hydrogens (tertiary/aromatic N) is 1. The first-order chi connectivity index (χ1) is 13.6. The maximum absolute atomic E-state index is 12.7. The van der Waals surface area contributed by atoms with Crippen molar-refractivity contribution in [3.63, 3.8) is 0 Å². The summed E-state index contributed by atoms with van der Waals surface area (Å²) in [6.45, 7) is 12.5. The number of esters is 1. The van der Waals surface area contributed by atoms with Gasteiger partial charge in [-0.2, -0.15) is 0 Å². The number of unbranched alkanes of at least 4 members (excludes halogenated alkanes) is 1. The molecule has 0 radical (unpaired) electrons. The van der Waals surface area contributed by atoms with Crippen LogP contribution >= 0.6 is 15.9 Å². The van der Waals surface area contributed by atoms with Crippen LogP contribution in [0.15, 0.2) is 27.8 Å². The van der Waals surface area contributed by atoms with Gasteiger partial charge in [0.2, 0.25) is 0 Å². The second kappa shape index (κ2) is 10.4. The summed E-state index contributed by atoms with van der Waals surface area (Å²) < 4.78 is 18.6. The van der Waals surface area contributed by atoms with Gasteiger partial charge in [-0.15, -0.1) is 0 Å². The molecule has 0 aliphatic carbocycles. The summed E-state index contributed by atoms with van der Waals surface area (Å²) in [7, 11) is 0. The zero-order chi connectivity index (χ0) is 21.6. The van der Waals surface area contributed by atoms with Crippen LogP contribution in [0.25, 0.3) is 0 Å². The molecular weight excluding hydrogens is 438 g/mol. The van der Waals surface area contributed by atoms with Gasteiger partial charge in [-0.1, -0.05) is 48.3 Å². The van der Waals surface area contributed by atoms with Gasteiger partial charge in [0.15, 0.2) is 6.10 Å². The molecule has 1 aliphatic heterocycles. The normalized spacial score (nSPS) is 17.7. The quantitative estimate of drug-likeness (QED) is 0.371. The Hall–Kier alpha value is -1.60. The van der Waals surface area contributed by atoms with Gasteiger partial charge in [0, 0.05) is 22.6 Å². The van der Waals surface area contributed by atoms with E-state index in [1.54, 1.807) is 0 Å². The second-order valence-electron chi connectivity index (χ2n) is 8.44. The monoisotopic (exact) mass is 469 g/mol.